The lowest BCUT2D eigenvalue weighted by Gasteiger charge is -2.29. The Morgan fingerprint density at radius 2 is 1.87 bits per heavy atom. The van der Waals surface area contributed by atoms with E-state index >= 15 is 0 Å². The highest BCUT2D eigenvalue weighted by Gasteiger charge is 2.40. The van der Waals surface area contributed by atoms with Crippen molar-refractivity contribution in [1.29, 1.82) is 0 Å². The zero-order valence-corrected chi connectivity index (χ0v) is 18.5. The van der Waals surface area contributed by atoms with Gasteiger partial charge in [-0.3, -0.25) is 19.7 Å². The molecule has 3 heterocycles. The van der Waals surface area contributed by atoms with E-state index in [0.717, 1.165) is 10.4 Å². The third kappa shape index (κ3) is 4.39. The molecule has 4 rings (SSSR count). The second-order valence-electron chi connectivity index (χ2n) is 7.19. The number of amides is 5. The molecule has 0 spiro atoms. The minimum Gasteiger partial charge on any atom is -0.334 e. The summed E-state index contributed by atoms with van der Waals surface area (Å²) in [6.45, 7) is 0.686. The Balaban J connectivity index is 1.35. The minimum absolute atomic E-state index is 0.175. The maximum atomic E-state index is 12.7. The quantitative estimate of drug-likeness (QED) is 0.571. The molecule has 5 amide bonds. The molecule has 1 aromatic heterocycles. The van der Waals surface area contributed by atoms with Crippen LogP contribution in [0, 0.1) is 0 Å². The second-order valence-corrected chi connectivity index (χ2v) is 8.97. The molecule has 11 heteroatoms. The van der Waals surface area contributed by atoms with E-state index in [1.54, 1.807) is 23.6 Å². The summed E-state index contributed by atoms with van der Waals surface area (Å²) in [6, 6.07) is 4.06. The van der Waals surface area contributed by atoms with E-state index in [1.165, 1.54) is 16.2 Å². The first-order valence-electron chi connectivity index (χ1n) is 9.53. The van der Waals surface area contributed by atoms with Crippen LogP contribution in [0.4, 0.5) is 4.79 Å². The van der Waals surface area contributed by atoms with E-state index in [0.29, 0.717) is 27.6 Å². The number of carbonyl (C=O) groups excluding carboxylic acids is 4. The molecule has 1 atom stereocenters. The number of hydrogen-bond acceptors (Lipinski definition) is 5. The number of urea groups is 1. The number of piperidine rings is 1. The maximum Gasteiger partial charge on any atom is 0.315 e. The van der Waals surface area contributed by atoms with E-state index in [-0.39, 0.29) is 37.9 Å². The summed E-state index contributed by atoms with van der Waals surface area (Å²) in [5.41, 5.74) is 1.97. The largest absolute Gasteiger partial charge is 0.334 e. The standard InChI is InChI=1S/C20H18Cl2N4O4S/c21-13-2-1-3-14(22)10(13)6-23-20(30)24-7-16-11-8-26(19(29)12(11)9-31-16)15-4-5-17(27)25-18(15)28/h1-3,9,15H,4-8H2,(H2,23,24,30)(H,25,27,28). The summed E-state index contributed by atoms with van der Waals surface area (Å²) >= 11 is 13.6. The normalized spacial score (nSPS) is 18.1. The first-order valence-corrected chi connectivity index (χ1v) is 11.2. The van der Waals surface area contributed by atoms with Crippen molar-refractivity contribution >= 4 is 58.3 Å². The molecule has 1 saturated heterocycles. The molecule has 3 N–H and O–H groups in total. The smallest absolute Gasteiger partial charge is 0.315 e. The summed E-state index contributed by atoms with van der Waals surface area (Å²) in [4.78, 5) is 50.8. The number of rotatable bonds is 5. The molecule has 2 aliphatic rings. The summed E-state index contributed by atoms with van der Waals surface area (Å²) < 4.78 is 0. The van der Waals surface area contributed by atoms with Crippen LogP contribution in [-0.4, -0.2) is 34.7 Å². The SMILES string of the molecule is O=C1CCC(N2Cc3c(csc3CNC(=O)NCc3c(Cl)cccc3Cl)C2=O)C(=O)N1. The van der Waals surface area contributed by atoms with Gasteiger partial charge in [0, 0.05) is 45.4 Å². The number of carbonyl (C=O) groups is 4. The third-order valence-corrected chi connectivity index (χ3v) is 7.02. The number of nitrogens with zero attached hydrogens (tertiary/aromatic N) is 1. The zero-order valence-electron chi connectivity index (χ0n) is 16.2. The Bertz CT molecular complexity index is 1070. The lowest BCUT2D eigenvalue weighted by molar-refractivity contribution is -0.136. The zero-order chi connectivity index (χ0) is 22.1. The minimum atomic E-state index is -0.660. The van der Waals surface area contributed by atoms with Gasteiger partial charge in [0.05, 0.1) is 12.1 Å². The average molecular weight is 481 g/mol. The van der Waals surface area contributed by atoms with Crippen LogP contribution in [0.3, 0.4) is 0 Å². The number of fused-ring (bicyclic) bond motifs is 1. The number of benzene rings is 1. The summed E-state index contributed by atoms with van der Waals surface area (Å²) in [5, 5.41) is 10.4. The van der Waals surface area contributed by atoms with Gasteiger partial charge in [0.15, 0.2) is 0 Å². The van der Waals surface area contributed by atoms with Gasteiger partial charge in [-0.05, 0) is 24.1 Å². The molecule has 2 aromatic rings. The Morgan fingerprint density at radius 1 is 1.16 bits per heavy atom. The predicted molar refractivity (Wildman–Crippen MR) is 116 cm³/mol. The summed E-state index contributed by atoms with van der Waals surface area (Å²) in [5.74, 6) is -1.00. The first kappa shape index (κ1) is 21.6. The van der Waals surface area contributed by atoms with Crippen LogP contribution in [0.1, 0.15) is 39.2 Å². The Hall–Kier alpha value is -2.62. The van der Waals surface area contributed by atoms with Crippen molar-refractivity contribution in [3.05, 3.63) is 55.2 Å². The topological polar surface area (TPSA) is 108 Å². The molecule has 8 nitrogen and oxygen atoms in total. The molecule has 1 unspecified atom stereocenters. The number of hydrogen-bond donors (Lipinski definition) is 3. The molecule has 0 radical (unpaired) electrons. The fourth-order valence-corrected chi connectivity index (χ4v) is 5.15. The molecule has 0 saturated carbocycles. The molecule has 0 bridgehead atoms. The van der Waals surface area contributed by atoms with E-state index in [9.17, 15) is 19.2 Å². The number of imide groups is 1. The molecule has 1 fully saturated rings. The van der Waals surface area contributed by atoms with E-state index in [2.05, 4.69) is 16.0 Å². The summed E-state index contributed by atoms with van der Waals surface area (Å²) in [6.07, 6.45) is 0.516. The van der Waals surface area contributed by atoms with Gasteiger partial charge < -0.3 is 15.5 Å². The Kier molecular flexibility index (Phi) is 6.17. The molecule has 162 valence electrons. The number of thiophene rings is 1. The van der Waals surface area contributed by atoms with Crippen molar-refractivity contribution in [2.45, 2.75) is 38.5 Å². The van der Waals surface area contributed by atoms with Crippen molar-refractivity contribution in [3.63, 3.8) is 0 Å². The average Bonchev–Trinajstić information content (AvgIpc) is 3.26. The number of nitrogens with one attached hydrogen (secondary N) is 3. The third-order valence-electron chi connectivity index (χ3n) is 5.28. The molecular weight excluding hydrogens is 463 g/mol. The number of halogens is 2. The first-order chi connectivity index (χ1) is 14.8. The van der Waals surface area contributed by atoms with Gasteiger partial charge in [-0.15, -0.1) is 11.3 Å². The Morgan fingerprint density at radius 3 is 2.58 bits per heavy atom. The fraction of sp³-hybridized carbons (Fsp3) is 0.300. The lowest BCUT2D eigenvalue weighted by Crippen LogP contribution is -2.52. The van der Waals surface area contributed by atoms with Gasteiger partial charge in [-0.2, -0.15) is 0 Å². The molecular formula is C20H18Cl2N4O4S. The van der Waals surface area contributed by atoms with Crippen LogP contribution in [0.25, 0.3) is 0 Å². The Labute approximate surface area is 191 Å². The highest BCUT2D eigenvalue weighted by atomic mass is 35.5. The second kappa shape index (κ2) is 8.86. The highest BCUT2D eigenvalue weighted by Crippen LogP contribution is 2.33. The van der Waals surface area contributed by atoms with Crippen molar-refractivity contribution in [2.24, 2.45) is 0 Å². The molecule has 0 aliphatic carbocycles. The van der Waals surface area contributed by atoms with Crippen molar-refractivity contribution < 1.29 is 19.2 Å². The van der Waals surface area contributed by atoms with Crippen LogP contribution in [-0.2, 0) is 29.2 Å². The van der Waals surface area contributed by atoms with Crippen LogP contribution in [0.15, 0.2) is 23.6 Å². The lowest BCUT2D eigenvalue weighted by atomic mass is 10.0. The van der Waals surface area contributed by atoms with Crippen molar-refractivity contribution in [1.82, 2.24) is 20.9 Å². The highest BCUT2D eigenvalue weighted by molar-refractivity contribution is 7.10. The van der Waals surface area contributed by atoms with Crippen molar-refractivity contribution in [3.8, 4) is 0 Å². The van der Waals surface area contributed by atoms with E-state index in [1.807, 2.05) is 0 Å². The molecule has 1 aromatic carbocycles. The predicted octanol–water partition coefficient (Wildman–Crippen LogP) is 2.82. The maximum absolute atomic E-state index is 12.7. The summed E-state index contributed by atoms with van der Waals surface area (Å²) in [7, 11) is 0. The molecule has 31 heavy (non-hydrogen) atoms. The van der Waals surface area contributed by atoms with Gasteiger partial charge in [-0.25, -0.2) is 4.79 Å². The van der Waals surface area contributed by atoms with Gasteiger partial charge in [-0.1, -0.05) is 29.3 Å². The van der Waals surface area contributed by atoms with Crippen molar-refractivity contribution in [2.75, 3.05) is 0 Å². The van der Waals surface area contributed by atoms with Gasteiger partial charge >= 0.3 is 6.03 Å². The van der Waals surface area contributed by atoms with E-state index < -0.39 is 18.0 Å². The fourth-order valence-electron chi connectivity index (χ4n) is 3.64. The van der Waals surface area contributed by atoms with Gasteiger partial charge in [0.25, 0.3) is 5.91 Å². The van der Waals surface area contributed by atoms with Crippen LogP contribution in [0.2, 0.25) is 10.0 Å². The van der Waals surface area contributed by atoms with Gasteiger partial charge in [0.2, 0.25) is 11.8 Å². The van der Waals surface area contributed by atoms with Crippen LogP contribution < -0.4 is 16.0 Å². The molecule has 2 aliphatic heterocycles. The van der Waals surface area contributed by atoms with Crippen LogP contribution >= 0.6 is 34.5 Å². The van der Waals surface area contributed by atoms with Crippen LogP contribution in [0.5, 0.6) is 0 Å². The van der Waals surface area contributed by atoms with E-state index in [4.69, 9.17) is 23.2 Å². The monoisotopic (exact) mass is 480 g/mol. The van der Waals surface area contributed by atoms with Gasteiger partial charge in [0.1, 0.15) is 6.04 Å².